The van der Waals surface area contributed by atoms with Crippen LogP contribution < -0.4 is 0 Å². The van der Waals surface area contributed by atoms with Crippen LogP contribution in [0.4, 0.5) is 0 Å². The second-order valence-electron chi connectivity index (χ2n) is 10.0. The van der Waals surface area contributed by atoms with Crippen LogP contribution in [0.25, 0.3) is 0 Å². The summed E-state index contributed by atoms with van der Waals surface area (Å²) in [5.74, 6) is 5.78. The highest BCUT2D eigenvalue weighted by atomic mass is 16.1. The molecule has 5 fully saturated rings. The van der Waals surface area contributed by atoms with Crippen molar-refractivity contribution < 1.29 is 9.59 Å². The summed E-state index contributed by atoms with van der Waals surface area (Å²) in [6, 6.07) is 0. The highest BCUT2D eigenvalue weighted by Gasteiger charge is 2.74. The minimum atomic E-state index is 0.00392. The first-order chi connectivity index (χ1) is 10.9. The number of Topliss-reactive ketones (excluding diaryl/α,β-unsaturated/α-hetero) is 1. The monoisotopic (exact) mass is 310 g/mol. The second kappa shape index (κ2) is 3.68. The molecule has 0 saturated heterocycles. The van der Waals surface area contributed by atoms with Crippen LogP contribution in [0.2, 0.25) is 0 Å². The van der Waals surface area contributed by atoms with Gasteiger partial charge in [-0.3, -0.25) is 9.59 Å². The maximum atomic E-state index is 12.8. The topological polar surface area (TPSA) is 34.1 Å². The molecule has 0 heterocycles. The number of hydrogen-bond acceptors (Lipinski definition) is 2. The van der Waals surface area contributed by atoms with Crippen LogP contribution in [-0.2, 0) is 9.59 Å². The third-order valence-electron chi connectivity index (χ3n) is 9.21. The van der Waals surface area contributed by atoms with Gasteiger partial charge >= 0.3 is 0 Å². The molecular weight excluding hydrogens is 284 g/mol. The second-order valence-corrected chi connectivity index (χ2v) is 10.0. The molecule has 0 amide bonds. The Bertz CT molecular complexity index is 690. The van der Waals surface area contributed by atoms with E-state index in [1.165, 1.54) is 24.8 Å². The van der Waals surface area contributed by atoms with E-state index in [0.717, 1.165) is 42.9 Å². The summed E-state index contributed by atoms with van der Waals surface area (Å²) in [5, 5.41) is 0. The Hall–Kier alpha value is -0.920. The summed E-state index contributed by atoms with van der Waals surface area (Å²) in [6.07, 6.45) is 8.66. The van der Waals surface area contributed by atoms with Crippen molar-refractivity contribution in [1.82, 2.24) is 0 Å². The Morgan fingerprint density at radius 2 is 1.78 bits per heavy atom. The quantitative estimate of drug-likeness (QED) is 0.682. The summed E-state index contributed by atoms with van der Waals surface area (Å²) in [5.41, 5.74) is 1.78. The predicted molar refractivity (Wildman–Crippen MR) is 86.4 cm³/mol. The smallest absolute Gasteiger partial charge is 0.155 e. The average Bonchev–Trinajstić information content (AvgIpc) is 3.40. The zero-order chi connectivity index (χ0) is 15.7. The van der Waals surface area contributed by atoms with Gasteiger partial charge in [0.25, 0.3) is 0 Å². The first kappa shape index (κ1) is 13.4. The van der Waals surface area contributed by atoms with E-state index in [1.54, 1.807) is 0 Å². The molecule has 0 aromatic carbocycles. The molecule has 0 radical (unpaired) electrons. The van der Waals surface area contributed by atoms with E-state index in [9.17, 15) is 9.59 Å². The van der Waals surface area contributed by atoms with Crippen LogP contribution in [0.3, 0.4) is 0 Å². The molecule has 9 atom stereocenters. The number of carbonyl (C=O) groups is 2. The summed E-state index contributed by atoms with van der Waals surface area (Å²) < 4.78 is 0. The summed E-state index contributed by atoms with van der Waals surface area (Å²) in [6.45, 7) is 4.76. The third kappa shape index (κ3) is 1.36. The molecule has 0 aromatic heterocycles. The molecule has 0 N–H and O–H groups in total. The molecule has 2 nitrogen and oxygen atoms in total. The van der Waals surface area contributed by atoms with Crippen LogP contribution in [0.15, 0.2) is 11.6 Å². The fourth-order valence-electron chi connectivity index (χ4n) is 8.04. The molecular formula is C21H26O2. The highest BCUT2D eigenvalue weighted by Crippen LogP contribution is 2.77. The van der Waals surface area contributed by atoms with Gasteiger partial charge in [-0.1, -0.05) is 19.4 Å². The van der Waals surface area contributed by atoms with Gasteiger partial charge in [0, 0.05) is 17.8 Å². The minimum absolute atomic E-state index is 0.00392. The summed E-state index contributed by atoms with van der Waals surface area (Å²) >= 11 is 0. The molecule has 122 valence electrons. The van der Waals surface area contributed by atoms with E-state index in [4.69, 9.17) is 0 Å². The highest BCUT2D eigenvalue weighted by molar-refractivity contribution is 5.93. The van der Waals surface area contributed by atoms with Crippen molar-refractivity contribution in [3.63, 3.8) is 0 Å². The molecule has 6 aliphatic rings. The van der Waals surface area contributed by atoms with Gasteiger partial charge in [0.2, 0.25) is 0 Å². The predicted octanol–water partition coefficient (Wildman–Crippen LogP) is 3.80. The van der Waals surface area contributed by atoms with E-state index >= 15 is 0 Å². The third-order valence-corrected chi connectivity index (χ3v) is 9.21. The van der Waals surface area contributed by atoms with Gasteiger partial charge in [-0.05, 0) is 79.1 Å². The van der Waals surface area contributed by atoms with Crippen LogP contribution in [0.5, 0.6) is 0 Å². The minimum Gasteiger partial charge on any atom is -0.299 e. The van der Waals surface area contributed by atoms with Crippen molar-refractivity contribution >= 4 is 11.6 Å². The lowest BCUT2D eigenvalue weighted by atomic mass is 9.46. The number of ketones is 2. The Morgan fingerprint density at radius 3 is 2.61 bits per heavy atom. The van der Waals surface area contributed by atoms with Gasteiger partial charge in [0.15, 0.2) is 5.78 Å². The molecule has 6 rings (SSSR count). The van der Waals surface area contributed by atoms with Crippen molar-refractivity contribution in [2.24, 2.45) is 52.3 Å². The molecule has 0 bridgehead atoms. The molecule has 0 aromatic rings. The maximum absolute atomic E-state index is 12.8. The normalized spacial score (nSPS) is 61.7. The van der Waals surface area contributed by atoms with Crippen molar-refractivity contribution in [2.45, 2.75) is 52.4 Å². The molecule has 6 aliphatic carbocycles. The van der Waals surface area contributed by atoms with E-state index in [1.807, 2.05) is 6.08 Å². The van der Waals surface area contributed by atoms with Gasteiger partial charge in [0.05, 0.1) is 0 Å². The van der Waals surface area contributed by atoms with Gasteiger partial charge in [-0.25, -0.2) is 0 Å². The van der Waals surface area contributed by atoms with Gasteiger partial charge < -0.3 is 0 Å². The molecule has 1 unspecified atom stereocenters. The first-order valence-electron chi connectivity index (χ1n) is 9.74. The molecule has 5 saturated carbocycles. The lowest BCUT2D eigenvalue weighted by Crippen LogP contribution is -2.52. The van der Waals surface area contributed by atoms with Crippen LogP contribution >= 0.6 is 0 Å². The number of allylic oxidation sites excluding steroid dienone is 1. The van der Waals surface area contributed by atoms with E-state index in [-0.39, 0.29) is 10.8 Å². The van der Waals surface area contributed by atoms with Gasteiger partial charge in [-0.2, -0.15) is 0 Å². The number of rotatable bonds is 0. The SMILES string of the molecule is C[C@]12CCC(=O)C=C1[C@@H]1C[C@@H]1C1[C@@H]3[C@@H]4C[C@@H]4C(=O)[C@@]3(C)CC[C@@H]12. The molecule has 0 spiro atoms. The van der Waals surface area contributed by atoms with Gasteiger partial charge in [-0.15, -0.1) is 0 Å². The van der Waals surface area contributed by atoms with Crippen molar-refractivity contribution in [2.75, 3.05) is 0 Å². The van der Waals surface area contributed by atoms with Crippen molar-refractivity contribution in [3.05, 3.63) is 11.6 Å². The fourth-order valence-corrected chi connectivity index (χ4v) is 8.04. The van der Waals surface area contributed by atoms with E-state index < -0.39 is 0 Å². The Morgan fingerprint density at radius 1 is 1.00 bits per heavy atom. The zero-order valence-electron chi connectivity index (χ0n) is 14.2. The first-order valence-corrected chi connectivity index (χ1v) is 9.74. The molecule has 2 heteroatoms. The van der Waals surface area contributed by atoms with Crippen molar-refractivity contribution in [1.29, 1.82) is 0 Å². The lowest BCUT2D eigenvalue weighted by Gasteiger charge is -2.57. The number of fused-ring (bicyclic) bond motifs is 10. The van der Waals surface area contributed by atoms with Gasteiger partial charge in [0.1, 0.15) is 5.78 Å². The van der Waals surface area contributed by atoms with Crippen LogP contribution in [0.1, 0.15) is 52.4 Å². The Balaban J connectivity index is 1.47. The Kier molecular flexibility index (Phi) is 2.14. The number of carbonyl (C=O) groups excluding carboxylic acids is 2. The fraction of sp³-hybridized carbons (Fsp3) is 0.810. The zero-order valence-corrected chi connectivity index (χ0v) is 14.2. The van der Waals surface area contributed by atoms with E-state index in [0.29, 0.717) is 29.3 Å². The van der Waals surface area contributed by atoms with E-state index in [2.05, 4.69) is 13.8 Å². The Labute approximate surface area is 138 Å². The van der Waals surface area contributed by atoms with Crippen LogP contribution in [0, 0.1) is 52.3 Å². The average molecular weight is 310 g/mol. The largest absolute Gasteiger partial charge is 0.299 e. The lowest BCUT2D eigenvalue weighted by molar-refractivity contribution is -0.137. The standard InChI is InChI=1S/C21H26O2/c1-20-5-3-10(22)7-16(20)11-8-12(11)17-15(20)4-6-21(2)18(17)13-9-14(13)19(21)23/h7,11-15,17-18H,3-6,8-9H2,1-2H3/t11-,12+,13-,14+,15+,17?,18+,20-,21+/m1/s1. The maximum Gasteiger partial charge on any atom is 0.155 e. The summed E-state index contributed by atoms with van der Waals surface area (Å²) in [7, 11) is 0. The molecule has 23 heavy (non-hydrogen) atoms. The summed E-state index contributed by atoms with van der Waals surface area (Å²) in [4.78, 5) is 24.8. The van der Waals surface area contributed by atoms with Crippen LogP contribution in [-0.4, -0.2) is 11.6 Å². The molecule has 0 aliphatic heterocycles. The number of hydrogen-bond donors (Lipinski definition) is 0. The van der Waals surface area contributed by atoms with Crippen molar-refractivity contribution in [3.8, 4) is 0 Å².